The maximum atomic E-state index is 12.1. The van der Waals surface area contributed by atoms with Crippen LogP contribution >= 0.6 is 11.8 Å². The van der Waals surface area contributed by atoms with Crippen molar-refractivity contribution in [2.24, 2.45) is 0 Å². The SMILES string of the molecule is Cc1cc(NC(=O)[C@@H](C)SCC(=O)O[C@H](C)C(=O)Nc2cccc(C#N)c2)no1. The summed E-state index contributed by atoms with van der Waals surface area (Å²) in [5.41, 5.74) is 0.830. The minimum Gasteiger partial charge on any atom is -0.452 e. The van der Waals surface area contributed by atoms with Gasteiger partial charge in [-0.3, -0.25) is 14.4 Å². The van der Waals surface area contributed by atoms with Gasteiger partial charge in [-0.15, -0.1) is 11.8 Å². The molecule has 0 aliphatic rings. The average Bonchev–Trinajstić information content (AvgIpc) is 3.10. The second kappa shape index (κ2) is 10.3. The zero-order valence-corrected chi connectivity index (χ0v) is 16.9. The highest BCUT2D eigenvalue weighted by molar-refractivity contribution is 8.01. The molecule has 9 nitrogen and oxygen atoms in total. The summed E-state index contributed by atoms with van der Waals surface area (Å²) in [6.45, 7) is 4.78. The Morgan fingerprint density at radius 1 is 1.24 bits per heavy atom. The van der Waals surface area contributed by atoms with Crippen molar-refractivity contribution in [2.75, 3.05) is 16.4 Å². The molecule has 2 N–H and O–H groups in total. The Labute approximate surface area is 171 Å². The van der Waals surface area contributed by atoms with E-state index in [2.05, 4.69) is 15.8 Å². The summed E-state index contributed by atoms with van der Waals surface area (Å²) in [4.78, 5) is 36.2. The molecule has 0 aliphatic carbocycles. The smallest absolute Gasteiger partial charge is 0.316 e. The van der Waals surface area contributed by atoms with Crippen LogP contribution < -0.4 is 10.6 Å². The normalized spacial score (nSPS) is 12.3. The fraction of sp³-hybridized carbons (Fsp3) is 0.316. The molecule has 0 aliphatic heterocycles. The Morgan fingerprint density at radius 3 is 2.66 bits per heavy atom. The van der Waals surface area contributed by atoms with Crippen LogP contribution in [0.2, 0.25) is 0 Å². The molecule has 0 saturated heterocycles. The number of hydrogen-bond acceptors (Lipinski definition) is 8. The molecule has 2 aromatic rings. The highest BCUT2D eigenvalue weighted by atomic mass is 32.2. The third-order valence-electron chi connectivity index (χ3n) is 3.64. The number of ether oxygens (including phenoxy) is 1. The predicted octanol–water partition coefficient (Wildman–Crippen LogP) is 2.49. The van der Waals surface area contributed by atoms with Crippen LogP contribution in [-0.4, -0.2) is 40.0 Å². The van der Waals surface area contributed by atoms with Gasteiger partial charge < -0.3 is 19.9 Å². The summed E-state index contributed by atoms with van der Waals surface area (Å²) in [6, 6.07) is 9.93. The molecule has 152 valence electrons. The largest absolute Gasteiger partial charge is 0.452 e. The highest BCUT2D eigenvalue weighted by Crippen LogP contribution is 2.15. The third-order valence-corrected chi connectivity index (χ3v) is 4.75. The number of benzene rings is 1. The molecule has 29 heavy (non-hydrogen) atoms. The van der Waals surface area contributed by atoms with Gasteiger partial charge >= 0.3 is 5.97 Å². The van der Waals surface area contributed by atoms with Gasteiger partial charge in [-0.1, -0.05) is 11.2 Å². The van der Waals surface area contributed by atoms with Gasteiger partial charge in [-0.05, 0) is 39.0 Å². The van der Waals surface area contributed by atoms with Gasteiger partial charge in [-0.2, -0.15) is 5.26 Å². The number of hydrogen-bond donors (Lipinski definition) is 2. The first-order valence-electron chi connectivity index (χ1n) is 8.64. The van der Waals surface area contributed by atoms with Crippen molar-refractivity contribution in [2.45, 2.75) is 32.1 Å². The Bertz CT molecular complexity index is 937. The molecular formula is C19H20N4O5S. The van der Waals surface area contributed by atoms with Gasteiger partial charge in [-0.25, -0.2) is 0 Å². The zero-order chi connectivity index (χ0) is 21.4. The van der Waals surface area contributed by atoms with Crippen molar-refractivity contribution in [3.8, 4) is 6.07 Å². The van der Waals surface area contributed by atoms with Crippen molar-refractivity contribution in [1.82, 2.24) is 5.16 Å². The average molecular weight is 416 g/mol. The molecule has 0 unspecified atom stereocenters. The van der Waals surface area contributed by atoms with Gasteiger partial charge in [0.25, 0.3) is 5.91 Å². The maximum absolute atomic E-state index is 12.1. The standard InChI is InChI=1S/C19H20N4O5S/c1-11-7-16(23-28-11)22-19(26)13(3)29-10-17(24)27-12(2)18(25)21-15-6-4-5-14(8-15)9-20/h4-8,12-13H,10H2,1-3H3,(H,21,25)(H,22,23,26)/t12-,13-/m1/s1. The first-order chi connectivity index (χ1) is 13.8. The number of carbonyl (C=O) groups excluding carboxylic acids is 3. The highest BCUT2D eigenvalue weighted by Gasteiger charge is 2.21. The number of amides is 2. The number of rotatable bonds is 8. The molecule has 1 aromatic carbocycles. The molecule has 2 rings (SSSR count). The van der Waals surface area contributed by atoms with Crippen LogP contribution in [0.3, 0.4) is 0 Å². The fourth-order valence-electron chi connectivity index (χ4n) is 2.12. The van der Waals surface area contributed by atoms with E-state index in [1.54, 1.807) is 38.1 Å². The second-order valence-corrected chi connectivity index (χ2v) is 7.41. The van der Waals surface area contributed by atoms with Crippen molar-refractivity contribution in [1.29, 1.82) is 5.26 Å². The Hall–Kier alpha value is -3.32. The maximum Gasteiger partial charge on any atom is 0.316 e. The van der Waals surface area contributed by atoms with E-state index < -0.39 is 23.2 Å². The van der Waals surface area contributed by atoms with E-state index in [-0.39, 0.29) is 11.7 Å². The van der Waals surface area contributed by atoms with Gasteiger partial charge in [0.15, 0.2) is 11.9 Å². The first kappa shape index (κ1) is 22.0. The number of carbonyl (C=O) groups is 3. The number of nitrogens with one attached hydrogen (secondary N) is 2. The van der Waals surface area contributed by atoms with E-state index in [0.717, 1.165) is 11.8 Å². The second-order valence-electron chi connectivity index (χ2n) is 6.08. The van der Waals surface area contributed by atoms with Crippen molar-refractivity contribution < 1.29 is 23.6 Å². The Kier molecular flexibility index (Phi) is 7.79. The van der Waals surface area contributed by atoms with E-state index in [9.17, 15) is 14.4 Å². The van der Waals surface area contributed by atoms with Gasteiger partial charge in [0.05, 0.1) is 22.6 Å². The molecule has 2 atom stereocenters. The summed E-state index contributed by atoms with van der Waals surface area (Å²) in [5, 5.41) is 17.2. The number of nitrogens with zero attached hydrogens (tertiary/aromatic N) is 2. The van der Waals surface area contributed by atoms with Gasteiger partial charge in [0.2, 0.25) is 5.91 Å². The van der Waals surface area contributed by atoms with E-state index >= 15 is 0 Å². The van der Waals surface area contributed by atoms with Crippen LogP contribution in [-0.2, 0) is 19.1 Å². The topological polar surface area (TPSA) is 134 Å². The minimum absolute atomic E-state index is 0.103. The zero-order valence-electron chi connectivity index (χ0n) is 16.1. The molecular weight excluding hydrogens is 396 g/mol. The summed E-state index contributed by atoms with van der Waals surface area (Å²) in [5.74, 6) is -0.720. The molecule has 0 saturated carbocycles. The quantitative estimate of drug-likeness (QED) is 0.627. The van der Waals surface area contributed by atoms with E-state index in [1.807, 2.05) is 6.07 Å². The number of aryl methyl sites for hydroxylation is 1. The summed E-state index contributed by atoms with van der Waals surface area (Å²) in [6.07, 6.45) is -1.03. The van der Waals surface area contributed by atoms with Gasteiger partial charge in [0.1, 0.15) is 5.76 Å². The lowest BCUT2D eigenvalue weighted by atomic mass is 10.2. The molecule has 10 heteroatoms. The molecule has 1 heterocycles. The van der Waals surface area contributed by atoms with E-state index in [4.69, 9.17) is 14.5 Å². The molecule has 2 amide bonds. The summed E-state index contributed by atoms with van der Waals surface area (Å²) in [7, 11) is 0. The minimum atomic E-state index is -1.03. The third kappa shape index (κ3) is 6.97. The molecule has 0 bridgehead atoms. The number of esters is 1. The fourth-order valence-corrected chi connectivity index (χ4v) is 2.78. The van der Waals surface area contributed by atoms with Gasteiger partial charge in [0, 0.05) is 11.8 Å². The van der Waals surface area contributed by atoms with Crippen LogP contribution in [0.15, 0.2) is 34.9 Å². The van der Waals surface area contributed by atoms with E-state index in [1.165, 1.54) is 13.0 Å². The lowest BCUT2D eigenvalue weighted by Crippen LogP contribution is -2.31. The number of aromatic nitrogens is 1. The molecule has 0 spiro atoms. The van der Waals surface area contributed by atoms with Crippen LogP contribution in [0.1, 0.15) is 25.2 Å². The number of thioether (sulfide) groups is 1. The Morgan fingerprint density at radius 2 is 2.00 bits per heavy atom. The van der Waals surface area contributed by atoms with Crippen molar-refractivity contribution in [3.63, 3.8) is 0 Å². The van der Waals surface area contributed by atoms with Crippen LogP contribution in [0.5, 0.6) is 0 Å². The number of anilines is 2. The van der Waals surface area contributed by atoms with Crippen LogP contribution in [0, 0.1) is 18.3 Å². The summed E-state index contributed by atoms with van der Waals surface area (Å²) >= 11 is 1.07. The predicted molar refractivity (Wildman–Crippen MR) is 107 cm³/mol. The molecule has 0 fully saturated rings. The first-order valence-corrected chi connectivity index (χ1v) is 9.69. The summed E-state index contributed by atoms with van der Waals surface area (Å²) < 4.78 is 9.96. The monoisotopic (exact) mass is 416 g/mol. The van der Waals surface area contributed by atoms with Crippen molar-refractivity contribution in [3.05, 3.63) is 41.7 Å². The van der Waals surface area contributed by atoms with Crippen LogP contribution in [0.4, 0.5) is 11.5 Å². The van der Waals surface area contributed by atoms with Crippen LogP contribution in [0.25, 0.3) is 0 Å². The lowest BCUT2D eigenvalue weighted by molar-refractivity contribution is -0.150. The molecule has 1 aromatic heterocycles. The lowest BCUT2D eigenvalue weighted by Gasteiger charge is -2.14. The van der Waals surface area contributed by atoms with Crippen molar-refractivity contribution >= 4 is 41.1 Å². The Balaban J connectivity index is 1.76. The molecule has 0 radical (unpaired) electrons. The number of nitriles is 1. The van der Waals surface area contributed by atoms with E-state index in [0.29, 0.717) is 22.8 Å².